The number of benzene rings is 1. The highest BCUT2D eigenvalue weighted by molar-refractivity contribution is 6.33. The van der Waals surface area contributed by atoms with E-state index in [-0.39, 0.29) is 0 Å². The maximum Gasteiger partial charge on any atom is 0.165 e. The van der Waals surface area contributed by atoms with Gasteiger partial charge in [0.2, 0.25) is 0 Å². The van der Waals surface area contributed by atoms with Gasteiger partial charge >= 0.3 is 0 Å². The van der Waals surface area contributed by atoms with Gasteiger partial charge in [-0.15, -0.1) is 0 Å². The molecule has 0 atom stereocenters. The summed E-state index contributed by atoms with van der Waals surface area (Å²) in [5.41, 5.74) is 1.43. The molecule has 0 saturated heterocycles. The highest BCUT2D eigenvalue weighted by Gasteiger charge is 2.10. The molecule has 1 aromatic carbocycles. The predicted octanol–water partition coefficient (Wildman–Crippen LogP) is 3.62. The lowest BCUT2D eigenvalue weighted by molar-refractivity contribution is 0.307. The first-order chi connectivity index (χ1) is 9.24. The normalized spacial score (nSPS) is 10.8. The van der Waals surface area contributed by atoms with E-state index in [1.807, 2.05) is 30.3 Å². The zero-order chi connectivity index (χ0) is 13.2. The van der Waals surface area contributed by atoms with Crippen molar-refractivity contribution < 1.29 is 4.74 Å². The van der Waals surface area contributed by atoms with E-state index in [1.54, 1.807) is 12.3 Å². The Bertz CT molecular complexity index is 712. The summed E-state index contributed by atoms with van der Waals surface area (Å²) in [6.45, 7) is 0.358. The second-order valence-electron chi connectivity index (χ2n) is 3.91. The van der Waals surface area contributed by atoms with Crippen LogP contribution in [0.5, 0.6) is 5.75 Å². The van der Waals surface area contributed by atoms with Gasteiger partial charge in [0.25, 0.3) is 0 Å². The van der Waals surface area contributed by atoms with Crippen molar-refractivity contribution in [3.05, 3.63) is 58.5 Å². The fourth-order valence-corrected chi connectivity index (χ4v) is 2.19. The van der Waals surface area contributed by atoms with Crippen molar-refractivity contribution >= 4 is 28.8 Å². The molecule has 0 amide bonds. The summed E-state index contributed by atoms with van der Waals surface area (Å²) in [4.78, 5) is 4.21. The molecule has 0 fully saturated rings. The van der Waals surface area contributed by atoms with Gasteiger partial charge in [-0.1, -0.05) is 41.4 Å². The standard InChI is InChI=1S/C13H9Cl2N3O/c14-11-6-12(15)18-13(17-11)9(7-16-18)8-19-10-4-2-1-3-5-10/h1-7H,8H2. The number of hydrogen-bond acceptors (Lipinski definition) is 3. The number of nitrogens with zero attached hydrogens (tertiary/aromatic N) is 3. The second-order valence-corrected chi connectivity index (χ2v) is 4.68. The lowest BCUT2D eigenvalue weighted by Gasteiger charge is -2.04. The van der Waals surface area contributed by atoms with E-state index in [0.29, 0.717) is 22.6 Å². The molecule has 3 rings (SSSR count). The Morgan fingerprint density at radius 1 is 1.16 bits per heavy atom. The minimum atomic E-state index is 0.332. The zero-order valence-electron chi connectivity index (χ0n) is 9.75. The van der Waals surface area contributed by atoms with Crippen LogP contribution in [0.2, 0.25) is 10.3 Å². The Morgan fingerprint density at radius 2 is 1.95 bits per heavy atom. The van der Waals surface area contributed by atoms with Crippen LogP contribution in [0, 0.1) is 0 Å². The van der Waals surface area contributed by atoms with Crippen molar-refractivity contribution in [1.82, 2.24) is 14.6 Å². The maximum atomic E-state index is 6.03. The van der Waals surface area contributed by atoms with Gasteiger partial charge in [-0.05, 0) is 12.1 Å². The van der Waals surface area contributed by atoms with Crippen LogP contribution in [-0.4, -0.2) is 14.6 Å². The lowest BCUT2D eigenvalue weighted by atomic mass is 10.3. The van der Waals surface area contributed by atoms with E-state index in [2.05, 4.69) is 10.1 Å². The van der Waals surface area contributed by atoms with Gasteiger partial charge < -0.3 is 4.74 Å². The summed E-state index contributed by atoms with van der Waals surface area (Å²) >= 11 is 11.9. The molecule has 3 aromatic rings. The molecule has 0 unspecified atom stereocenters. The number of hydrogen-bond donors (Lipinski definition) is 0. The molecule has 0 radical (unpaired) electrons. The molecule has 96 valence electrons. The quantitative estimate of drug-likeness (QED) is 0.693. The van der Waals surface area contributed by atoms with Crippen molar-refractivity contribution in [2.24, 2.45) is 0 Å². The number of aromatic nitrogens is 3. The SMILES string of the molecule is Clc1cc(Cl)n2ncc(COc3ccccc3)c2n1. The molecule has 0 saturated carbocycles. The fourth-order valence-electron chi connectivity index (χ4n) is 1.72. The van der Waals surface area contributed by atoms with Crippen LogP contribution < -0.4 is 4.74 Å². The predicted molar refractivity (Wildman–Crippen MR) is 73.8 cm³/mol. The molecule has 4 nitrogen and oxygen atoms in total. The number of halogens is 2. The average Bonchev–Trinajstić information content (AvgIpc) is 2.81. The van der Waals surface area contributed by atoms with Gasteiger partial charge in [0.05, 0.1) is 11.8 Å². The summed E-state index contributed by atoms with van der Waals surface area (Å²) in [5.74, 6) is 0.787. The first kappa shape index (κ1) is 12.3. The van der Waals surface area contributed by atoms with E-state index in [9.17, 15) is 0 Å². The van der Waals surface area contributed by atoms with Crippen LogP contribution in [0.15, 0.2) is 42.6 Å². The summed E-state index contributed by atoms with van der Waals surface area (Å²) < 4.78 is 7.18. The summed E-state index contributed by atoms with van der Waals surface area (Å²) in [6, 6.07) is 11.1. The highest BCUT2D eigenvalue weighted by atomic mass is 35.5. The minimum Gasteiger partial charge on any atom is -0.489 e. The molecular formula is C13H9Cl2N3O. The molecule has 6 heteroatoms. The van der Waals surface area contributed by atoms with Crippen LogP contribution in [0.4, 0.5) is 0 Å². The van der Waals surface area contributed by atoms with E-state index in [0.717, 1.165) is 11.3 Å². The van der Waals surface area contributed by atoms with Gasteiger partial charge in [0.15, 0.2) is 5.65 Å². The Morgan fingerprint density at radius 3 is 2.74 bits per heavy atom. The molecule has 0 aliphatic carbocycles. The minimum absolute atomic E-state index is 0.332. The van der Waals surface area contributed by atoms with Gasteiger partial charge in [-0.2, -0.15) is 5.10 Å². The summed E-state index contributed by atoms with van der Waals surface area (Å²) in [5, 5.41) is 4.91. The molecule has 0 aliphatic heterocycles. The summed E-state index contributed by atoms with van der Waals surface area (Å²) in [7, 11) is 0. The molecule has 0 aliphatic rings. The molecule has 0 bridgehead atoms. The first-order valence-corrected chi connectivity index (χ1v) is 6.36. The Hall–Kier alpha value is -1.78. The third-order valence-corrected chi connectivity index (χ3v) is 3.07. The Kier molecular flexibility index (Phi) is 3.27. The maximum absolute atomic E-state index is 6.03. The van der Waals surface area contributed by atoms with E-state index in [4.69, 9.17) is 27.9 Å². The lowest BCUT2D eigenvalue weighted by Crippen LogP contribution is -1.97. The molecule has 0 spiro atoms. The van der Waals surface area contributed by atoms with E-state index >= 15 is 0 Å². The van der Waals surface area contributed by atoms with Crippen molar-refractivity contribution in [2.75, 3.05) is 0 Å². The highest BCUT2D eigenvalue weighted by Crippen LogP contribution is 2.20. The van der Waals surface area contributed by atoms with Crippen LogP contribution in [0.1, 0.15) is 5.56 Å². The molecular weight excluding hydrogens is 285 g/mol. The number of ether oxygens (including phenoxy) is 1. The summed E-state index contributed by atoms with van der Waals surface area (Å²) in [6.07, 6.45) is 1.67. The van der Waals surface area contributed by atoms with Crippen molar-refractivity contribution in [3.63, 3.8) is 0 Å². The first-order valence-electron chi connectivity index (χ1n) is 5.60. The number of rotatable bonds is 3. The monoisotopic (exact) mass is 293 g/mol. The van der Waals surface area contributed by atoms with Gasteiger partial charge in [0, 0.05) is 6.07 Å². The third kappa shape index (κ3) is 2.50. The van der Waals surface area contributed by atoms with Gasteiger partial charge in [0.1, 0.15) is 22.7 Å². The van der Waals surface area contributed by atoms with Crippen LogP contribution in [0.3, 0.4) is 0 Å². The molecule has 0 N–H and O–H groups in total. The van der Waals surface area contributed by atoms with Crippen molar-refractivity contribution in [1.29, 1.82) is 0 Å². The third-order valence-electron chi connectivity index (χ3n) is 2.61. The van der Waals surface area contributed by atoms with Crippen LogP contribution in [0.25, 0.3) is 5.65 Å². The Labute approximate surface area is 119 Å². The second kappa shape index (κ2) is 5.07. The molecule has 2 heterocycles. The van der Waals surface area contributed by atoms with Crippen molar-refractivity contribution in [3.8, 4) is 5.75 Å². The van der Waals surface area contributed by atoms with Crippen LogP contribution in [-0.2, 0) is 6.61 Å². The zero-order valence-corrected chi connectivity index (χ0v) is 11.3. The van der Waals surface area contributed by atoms with Crippen molar-refractivity contribution in [2.45, 2.75) is 6.61 Å². The topological polar surface area (TPSA) is 39.4 Å². The van der Waals surface area contributed by atoms with Gasteiger partial charge in [-0.3, -0.25) is 0 Å². The smallest absolute Gasteiger partial charge is 0.165 e. The number of fused-ring (bicyclic) bond motifs is 1. The van der Waals surface area contributed by atoms with E-state index < -0.39 is 0 Å². The van der Waals surface area contributed by atoms with Gasteiger partial charge in [-0.25, -0.2) is 9.50 Å². The fraction of sp³-hybridized carbons (Fsp3) is 0.0769. The molecule has 2 aromatic heterocycles. The largest absolute Gasteiger partial charge is 0.489 e. The molecule has 19 heavy (non-hydrogen) atoms. The average molecular weight is 294 g/mol. The van der Waals surface area contributed by atoms with Crippen LogP contribution >= 0.6 is 23.2 Å². The Balaban J connectivity index is 1.89. The number of para-hydroxylation sites is 1. The van der Waals surface area contributed by atoms with E-state index in [1.165, 1.54) is 4.52 Å².